The SMILES string of the molecule is Cc1occc1C(=O)NCC(C(C)C)N1CCOCC1. The number of hydrogen-bond acceptors (Lipinski definition) is 4. The average molecular weight is 280 g/mol. The molecule has 0 bridgehead atoms. The number of ether oxygens (including phenoxy) is 1. The topological polar surface area (TPSA) is 54.7 Å². The lowest BCUT2D eigenvalue weighted by molar-refractivity contribution is 0.00672. The number of rotatable bonds is 5. The van der Waals surface area contributed by atoms with Gasteiger partial charge in [-0.15, -0.1) is 0 Å². The van der Waals surface area contributed by atoms with Gasteiger partial charge in [0.2, 0.25) is 0 Å². The third-order valence-electron chi connectivity index (χ3n) is 3.86. The predicted octanol–water partition coefficient (Wildman–Crippen LogP) is 1.67. The molecule has 0 aromatic carbocycles. The van der Waals surface area contributed by atoms with Crippen LogP contribution in [-0.4, -0.2) is 49.7 Å². The molecule has 112 valence electrons. The molecule has 1 N–H and O–H groups in total. The third kappa shape index (κ3) is 3.61. The standard InChI is InChI=1S/C15H24N2O3/c1-11(2)14(17-5-8-19-9-6-17)10-16-15(18)13-4-7-20-12(13)3/h4,7,11,14H,5-6,8-10H2,1-3H3,(H,16,18). The predicted molar refractivity (Wildman–Crippen MR) is 76.8 cm³/mol. The van der Waals surface area contributed by atoms with E-state index in [0.29, 0.717) is 29.8 Å². The number of carbonyl (C=O) groups excluding carboxylic acids is 1. The molecule has 0 spiro atoms. The largest absolute Gasteiger partial charge is 0.469 e. The smallest absolute Gasteiger partial charge is 0.254 e. The van der Waals surface area contributed by atoms with Crippen LogP contribution in [0.3, 0.4) is 0 Å². The van der Waals surface area contributed by atoms with Crippen LogP contribution in [0.25, 0.3) is 0 Å². The molecule has 1 aromatic heterocycles. The van der Waals surface area contributed by atoms with Crippen molar-refractivity contribution >= 4 is 5.91 Å². The van der Waals surface area contributed by atoms with E-state index < -0.39 is 0 Å². The molecular weight excluding hydrogens is 256 g/mol. The number of furan rings is 1. The van der Waals surface area contributed by atoms with Crippen LogP contribution < -0.4 is 5.32 Å². The van der Waals surface area contributed by atoms with Crippen LogP contribution in [0, 0.1) is 12.8 Å². The van der Waals surface area contributed by atoms with Gasteiger partial charge in [-0.05, 0) is 18.9 Å². The van der Waals surface area contributed by atoms with E-state index >= 15 is 0 Å². The first-order valence-corrected chi connectivity index (χ1v) is 7.23. The van der Waals surface area contributed by atoms with Crippen LogP contribution in [0.2, 0.25) is 0 Å². The first kappa shape index (κ1) is 15.1. The summed E-state index contributed by atoms with van der Waals surface area (Å²) in [7, 11) is 0. The summed E-state index contributed by atoms with van der Waals surface area (Å²) in [6.45, 7) is 10.3. The minimum absolute atomic E-state index is 0.0600. The van der Waals surface area contributed by atoms with Crippen molar-refractivity contribution in [1.29, 1.82) is 0 Å². The van der Waals surface area contributed by atoms with E-state index in [4.69, 9.17) is 9.15 Å². The first-order chi connectivity index (χ1) is 9.59. The van der Waals surface area contributed by atoms with Crippen molar-refractivity contribution in [2.45, 2.75) is 26.8 Å². The summed E-state index contributed by atoms with van der Waals surface area (Å²) >= 11 is 0. The van der Waals surface area contributed by atoms with Gasteiger partial charge >= 0.3 is 0 Å². The number of nitrogens with one attached hydrogen (secondary N) is 1. The van der Waals surface area contributed by atoms with Crippen LogP contribution in [0.4, 0.5) is 0 Å². The lowest BCUT2D eigenvalue weighted by atomic mass is 10.0. The Morgan fingerprint density at radius 2 is 2.10 bits per heavy atom. The first-order valence-electron chi connectivity index (χ1n) is 7.23. The zero-order valence-electron chi connectivity index (χ0n) is 12.5. The zero-order chi connectivity index (χ0) is 14.5. The van der Waals surface area contributed by atoms with Gasteiger partial charge in [0.1, 0.15) is 5.76 Å². The van der Waals surface area contributed by atoms with Crippen LogP contribution >= 0.6 is 0 Å². The van der Waals surface area contributed by atoms with Gasteiger partial charge in [-0.3, -0.25) is 9.69 Å². The second-order valence-electron chi connectivity index (χ2n) is 5.56. The lowest BCUT2D eigenvalue weighted by Gasteiger charge is -2.36. The van der Waals surface area contributed by atoms with E-state index in [1.807, 2.05) is 0 Å². The molecule has 1 atom stereocenters. The molecule has 1 fully saturated rings. The minimum Gasteiger partial charge on any atom is -0.469 e. The van der Waals surface area contributed by atoms with Crippen LogP contribution in [0.15, 0.2) is 16.7 Å². The third-order valence-corrected chi connectivity index (χ3v) is 3.86. The maximum atomic E-state index is 12.1. The number of aryl methyl sites for hydroxylation is 1. The number of hydrogen-bond donors (Lipinski definition) is 1. The van der Waals surface area contributed by atoms with Crippen LogP contribution in [-0.2, 0) is 4.74 Å². The average Bonchev–Trinajstić information content (AvgIpc) is 2.86. The van der Waals surface area contributed by atoms with Crippen molar-refractivity contribution in [1.82, 2.24) is 10.2 Å². The Balaban J connectivity index is 1.92. The van der Waals surface area contributed by atoms with Gasteiger partial charge in [0, 0.05) is 25.7 Å². The maximum Gasteiger partial charge on any atom is 0.254 e. The van der Waals surface area contributed by atoms with Gasteiger partial charge in [0.05, 0.1) is 25.0 Å². The summed E-state index contributed by atoms with van der Waals surface area (Å²) in [5.41, 5.74) is 0.620. The van der Waals surface area contributed by atoms with Gasteiger partial charge in [0.25, 0.3) is 5.91 Å². The molecule has 1 aliphatic heterocycles. The highest BCUT2D eigenvalue weighted by Crippen LogP contribution is 2.13. The summed E-state index contributed by atoms with van der Waals surface area (Å²) in [6.07, 6.45) is 1.55. The maximum absolute atomic E-state index is 12.1. The number of amides is 1. The molecule has 1 aliphatic rings. The molecule has 0 radical (unpaired) electrons. The minimum atomic E-state index is -0.0600. The fraction of sp³-hybridized carbons (Fsp3) is 0.667. The van der Waals surface area contributed by atoms with E-state index in [2.05, 4.69) is 24.1 Å². The molecule has 1 amide bonds. The summed E-state index contributed by atoms with van der Waals surface area (Å²) in [5.74, 6) is 1.09. The summed E-state index contributed by atoms with van der Waals surface area (Å²) in [6, 6.07) is 2.05. The second-order valence-corrected chi connectivity index (χ2v) is 5.56. The molecule has 5 heteroatoms. The highest BCUT2D eigenvalue weighted by atomic mass is 16.5. The highest BCUT2D eigenvalue weighted by Gasteiger charge is 2.24. The molecular formula is C15H24N2O3. The van der Waals surface area contributed by atoms with Gasteiger partial charge in [0.15, 0.2) is 0 Å². The molecule has 0 saturated carbocycles. The molecule has 1 unspecified atom stereocenters. The Bertz CT molecular complexity index is 436. The van der Waals surface area contributed by atoms with Crippen molar-refractivity contribution in [3.63, 3.8) is 0 Å². The van der Waals surface area contributed by atoms with Crippen molar-refractivity contribution < 1.29 is 13.9 Å². The second kappa shape index (κ2) is 6.90. The van der Waals surface area contributed by atoms with Crippen molar-refractivity contribution in [3.05, 3.63) is 23.7 Å². The van der Waals surface area contributed by atoms with Crippen LogP contribution in [0.1, 0.15) is 30.0 Å². The molecule has 2 heterocycles. The molecule has 1 saturated heterocycles. The van der Waals surface area contributed by atoms with E-state index in [1.54, 1.807) is 19.3 Å². The van der Waals surface area contributed by atoms with Crippen molar-refractivity contribution in [2.75, 3.05) is 32.8 Å². The van der Waals surface area contributed by atoms with Gasteiger partial charge in [-0.25, -0.2) is 0 Å². The normalized spacial score (nSPS) is 18.2. The lowest BCUT2D eigenvalue weighted by Crippen LogP contribution is -2.51. The molecule has 5 nitrogen and oxygen atoms in total. The quantitative estimate of drug-likeness (QED) is 0.891. The van der Waals surface area contributed by atoms with E-state index in [1.165, 1.54) is 0 Å². The Kier molecular flexibility index (Phi) is 5.20. The number of nitrogens with zero attached hydrogens (tertiary/aromatic N) is 1. The van der Waals surface area contributed by atoms with Gasteiger partial charge < -0.3 is 14.5 Å². The van der Waals surface area contributed by atoms with Gasteiger partial charge in [-0.2, -0.15) is 0 Å². The van der Waals surface area contributed by atoms with E-state index in [-0.39, 0.29) is 5.91 Å². The van der Waals surface area contributed by atoms with Crippen molar-refractivity contribution in [2.24, 2.45) is 5.92 Å². The number of morpholine rings is 1. The monoisotopic (exact) mass is 280 g/mol. The summed E-state index contributed by atoms with van der Waals surface area (Å²) in [5, 5.41) is 3.02. The van der Waals surface area contributed by atoms with Crippen molar-refractivity contribution in [3.8, 4) is 0 Å². The van der Waals surface area contributed by atoms with Gasteiger partial charge in [-0.1, -0.05) is 13.8 Å². The fourth-order valence-corrected chi connectivity index (χ4v) is 2.61. The highest BCUT2D eigenvalue weighted by molar-refractivity contribution is 5.95. The Morgan fingerprint density at radius 1 is 1.40 bits per heavy atom. The zero-order valence-corrected chi connectivity index (χ0v) is 12.5. The van der Waals surface area contributed by atoms with E-state index in [0.717, 1.165) is 26.3 Å². The van der Waals surface area contributed by atoms with Crippen LogP contribution in [0.5, 0.6) is 0 Å². The molecule has 20 heavy (non-hydrogen) atoms. The van der Waals surface area contributed by atoms with E-state index in [9.17, 15) is 4.79 Å². The number of carbonyl (C=O) groups is 1. The Hall–Kier alpha value is -1.33. The molecule has 0 aliphatic carbocycles. The Morgan fingerprint density at radius 3 is 2.65 bits per heavy atom. The Labute approximate surface area is 120 Å². The molecule has 1 aromatic rings. The molecule has 2 rings (SSSR count). The summed E-state index contributed by atoms with van der Waals surface area (Å²) < 4.78 is 10.6. The summed E-state index contributed by atoms with van der Waals surface area (Å²) in [4.78, 5) is 14.5. The fourth-order valence-electron chi connectivity index (χ4n) is 2.61.